The number of hydrogen-bond donors (Lipinski definition) is 1. The molecule has 0 unspecified atom stereocenters. The highest BCUT2D eigenvalue weighted by atomic mass is 35.5. The molecular weight excluding hydrogens is 383 g/mol. The van der Waals surface area contributed by atoms with Crippen LogP contribution in [0, 0.1) is 0 Å². The number of amides is 1. The number of halogens is 4. The molecule has 0 aliphatic heterocycles. The average Bonchev–Trinajstić information content (AvgIpc) is 2.99. The molecule has 2 rings (SSSR count). The number of ether oxygens (including phenoxy) is 1. The summed E-state index contributed by atoms with van der Waals surface area (Å²) in [7, 11) is 1.56. The quantitative estimate of drug-likeness (QED) is 0.726. The SMILES string of the molecule is COCCn1cnnc1SCC(=O)Nc1ncc(C(F)(F)F)cc1Cl. The Hall–Kier alpha value is -1.85. The van der Waals surface area contributed by atoms with E-state index in [9.17, 15) is 18.0 Å². The summed E-state index contributed by atoms with van der Waals surface area (Å²) in [4.78, 5) is 15.5. The maximum absolute atomic E-state index is 12.6. The Morgan fingerprint density at radius 3 is 2.88 bits per heavy atom. The number of aromatic nitrogens is 4. The zero-order chi connectivity index (χ0) is 18.4. The zero-order valence-corrected chi connectivity index (χ0v) is 14.5. The number of rotatable bonds is 7. The molecule has 2 aromatic heterocycles. The Labute approximate surface area is 149 Å². The van der Waals surface area contributed by atoms with Crippen LogP contribution in [0.15, 0.2) is 23.7 Å². The van der Waals surface area contributed by atoms with Gasteiger partial charge in [-0.05, 0) is 6.07 Å². The summed E-state index contributed by atoms with van der Waals surface area (Å²) in [5.74, 6) is -0.661. The van der Waals surface area contributed by atoms with Gasteiger partial charge >= 0.3 is 6.18 Å². The van der Waals surface area contributed by atoms with Gasteiger partial charge in [0.15, 0.2) is 11.0 Å². The summed E-state index contributed by atoms with van der Waals surface area (Å²) >= 11 is 6.85. The van der Waals surface area contributed by atoms with Crippen LogP contribution in [0.3, 0.4) is 0 Å². The molecule has 25 heavy (non-hydrogen) atoms. The summed E-state index contributed by atoms with van der Waals surface area (Å²) in [5, 5.41) is 10.2. The first-order valence-corrected chi connectivity index (χ1v) is 8.19. The second-order valence-corrected chi connectivity index (χ2v) is 6.04. The number of nitrogens with one attached hydrogen (secondary N) is 1. The molecule has 0 bridgehead atoms. The van der Waals surface area contributed by atoms with E-state index in [1.807, 2.05) is 0 Å². The molecule has 0 fully saturated rings. The van der Waals surface area contributed by atoms with Crippen LogP contribution in [0.4, 0.5) is 19.0 Å². The molecule has 136 valence electrons. The Morgan fingerprint density at radius 2 is 2.24 bits per heavy atom. The lowest BCUT2D eigenvalue weighted by molar-refractivity contribution is -0.137. The van der Waals surface area contributed by atoms with Crippen LogP contribution in [0.5, 0.6) is 0 Å². The maximum atomic E-state index is 12.6. The van der Waals surface area contributed by atoms with Gasteiger partial charge in [-0.1, -0.05) is 23.4 Å². The molecule has 0 saturated heterocycles. The second kappa shape index (κ2) is 8.50. The number of hydrogen-bond acceptors (Lipinski definition) is 6. The minimum absolute atomic E-state index is 0.0370. The maximum Gasteiger partial charge on any atom is 0.417 e. The number of anilines is 1. The number of alkyl halides is 3. The molecule has 0 aliphatic carbocycles. The molecule has 0 saturated carbocycles. The van der Waals surface area contributed by atoms with Gasteiger partial charge in [0.1, 0.15) is 6.33 Å². The van der Waals surface area contributed by atoms with Crippen molar-refractivity contribution in [1.29, 1.82) is 0 Å². The molecule has 2 aromatic rings. The number of pyridine rings is 1. The predicted molar refractivity (Wildman–Crippen MR) is 85.5 cm³/mol. The highest BCUT2D eigenvalue weighted by Crippen LogP contribution is 2.32. The van der Waals surface area contributed by atoms with Crippen molar-refractivity contribution < 1.29 is 22.7 Å². The minimum Gasteiger partial charge on any atom is -0.383 e. The van der Waals surface area contributed by atoms with Crippen molar-refractivity contribution in [3.63, 3.8) is 0 Å². The van der Waals surface area contributed by atoms with Crippen LogP contribution in [0.2, 0.25) is 5.02 Å². The van der Waals surface area contributed by atoms with E-state index in [4.69, 9.17) is 16.3 Å². The number of thioether (sulfide) groups is 1. The molecule has 0 radical (unpaired) electrons. The van der Waals surface area contributed by atoms with Crippen LogP contribution >= 0.6 is 23.4 Å². The molecular formula is C13H13ClF3N5O2S. The first kappa shape index (κ1) is 19.5. The third kappa shape index (κ3) is 5.58. The lowest BCUT2D eigenvalue weighted by Gasteiger charge is -2.10. The van der Waals surface area contributed by atoms with Crippen LogP contribution in [-0.4, -0.2) is 45.1 Å². The van der Waals surface area contributed by atoms with E-state index in [0.717, 1.165) is 11.8 Å². The van der Waals surface area contributed by atoms with E-state index in [-0.39, 0.29) is 16.6 Å². The van der Waals surface area contributed by atoms with Crippen molar-refractivity contribution in [2.24, 2.45) is 0 Å². The standard InChI is InChI=1S/C13H13ClF3N5O2S/c1-24-3-2-22-7-19-21-12(22)25-6-10(23)20-11-9(14)4-8(5-18-11)13(15,16)17/h4-5,7H,2-3,6H2,1H3,(H,18,20,23). The Bertz CT molecular complexity index is 741. The number of carbonyl (C=O) groups is 1. The first-order chi connectivity index (χ1) is 11.8. The smallest absolute Gasteiger partial charge is 0.383 e. The van der Waals surface area contributed by atoms with Crippen LogP contribution in [0.1, 0.15) is 5.56 Å². The molecule has 1 amide bonds. The van der Waals surface area contributed by atoms with Crippen LogP contribution in [-0.2, 0) is 22.3 Å². The van der Waals surface area contributed by atoms with E-state index < -0.39 is 17.6 Å². The van der Waals surface area contributed by atoms with Crippen LogP contribution < -0.4 is 5.32 Å². The second-order valence-electron chi connectivity index (χ2n) is 4.69. The van der Waals surface area contributed by atoms with E-state index in [1.54, 1.807) is 11.7 Å². The molecule has 7 nitrogen and oxygen atoms in total. The molecule has 0 spiro atoms. The fraction of sp³-hybridized carbons (Fsp3) is 0.385. The first-order valence-electron chi connectivity index (χ1n) is 6.83. The molecule has 1 N–H and O–H groups in total. The van der Waals surface area contributed by atoms with Crippen LogP contribution in [0.25, 0.3) is 0 Å². The van der Waals surface area contributed by atoms with E-state index >= 15 is 0 Å². The predicted octanol–water partition coefficient (Wildman–Crippen LogP) is 2.72. The summed E-state index contributed by atoms with van der Waals surface area (Å²) in [6, 6.07) is 0.707. The Kier molecular flexibility index (Phi) is 6.62. The van der Waals surface area contributed by atoms with Gasteiger partial charge in [0.05, 0.1) is 22.9 Å². The van der Waals surface area contributed by atoms with E-state index in [2.05, 4.69) is 20.5 Å². The fourth-order valence-electron chi connectivity index (χ4n) is 1.68. The minimum atomic E-state index is -4.55. The van der Waals surface area contributed by atoms with Gasteiger partial charge < -0.3 is 14.6 Å². The summed E-state index contributed by atoms with van der Waals surface area (Å²) in [6.07, 6.45) is -2.44. The monoisotopic (exact) mass is 395 g/mol. The van der Waals surface area contributed by atoms with E-state index in [1.165, 1.54) is 6.33 Å². The average molecular weight is 396 g/mol. The molecule has 0 atom stereocenters. The summed E-state index contributed by atoms with van der Waals surface area (Å²) in [5.41, 5.74) is -0.990. The van der Waals surface area contributed by atoms with Crippen molar-refractivity contribution in [3.8, 4) is 0 Å². The Balaban J connectivity index is 1.94. The number of carbonyl (C=O) groups excluding carboxylic acids is 1. The van der Waals surface area contributed by atoms with E-state index in [0.29, 0.717) is 30.6 Å². The van der Waals surface area contributed by atoms with Crippen molar-refractivity contribution in [3.05, 3.63) is 29.2 Å². The normalized spacial score (nSPS) is 11.6. The zero-order valence-electron chi connectivity index (χ0n) is 12.9. The summed E-state index contributed by atoms with van der Waals surface area (Å²) in [6.45, 7) is 0.989. The van der Waals surface area contributed by atoms with Gasteiger partial charge in [-0.15, -0.1) is 10.2 Å². The highest BCUT2D eigenvalue weighted by molar-refractivity contribution is 7.99. The fourth-order valence-corrected chi connectivity index (χ4v) is 2.64. The highest BCUT2D eigenvalue weighted by Gasteiger charge is 2.31. The largest absolute Gasteiger partial charge is 0.417 e. The lowest BCUT2D eigenvalue weighted by Crippen LogP contribution is -2.17. The Morgan fingerprint density at radius 1 is 1.48 bits per heavy atom. The molecule has 2 heterocycles. The third-order valence-electron chi connectivity index (χ3n) is 2.88. The van der Waals surface area contributed by atoms with Gasteiger partial charge in [0, 0.05) is 19.9 Å². The van der Waals surface area contributed by atoms with Crippen molar-refractivity contribution >= 4 is 35.1 Å². The topological polar surface area (TPSA) is 81.9 Å². The van der Waals surface area contributed by atoms with Crippen molar-refractivity contribution in [2.45, 2.75) is 17.9 Å². The number of methoxy groups -OCH3 is 1. The van der Waals surface area contributed by atoms with Gasteiger partial charge in [-0.2, -0.15) is 13.2 Å². The number of nitrogens with zero attached hydrogens (tertiary/aromatic N) is 4. The third-order valence-corrected chi connectivity index (χ3v) is 4.14. The summed E-state index contributed by atoms with van der Waals surface area (Å²) < 4.78 is 44.3. The van der Waals surface area contributed by atoms with Crippen molar-refractivity contribution in [2.75, 3.05) is 24.8 Å². The van der Waals surface area contributed by atoms with Gasteiger partial charge in [-0.25, -0.2) is 4.98 Å². The molecule has 0 aliphatic rings. The molecule has 12 heteroatoms. The van der Waals surface area contributed by atoms with Gasteiger partial charge in [0.25, 0.3) is 0 Å². The molecule has 0 aromatic carbocycles. The van der Waals surface area contributed by atoms with Crippen molar-refractivity contribution in [1.82, 2.24) is 19.7 Å². The lowest BCUT2D eigenvalue weighted by atomic mass is 10.3. The van der Waals surface area contributed by atoms with Gasteiger partial charge in [-0.3, -0.25) is 4.79 Å². The van der Waals surface area contributed by atoms with Gasteiger partial charge in [0.2, 0.25) is 5.91 Å².